The maximum Gasteiger partial charge on any atom is 0.144 e. The zero-order chi connectivity index (χ0) is 8.72. The van der Waals surface area contributed by atoms with Gasteiger partial charge in [0.1, 0.15) is 5.82 Å². The van der Waals surface area contributed by atoms with E-state index < -0.39 is 0 Å². The fraction of sp³-hybridized carbons (Fsp3) is 0.111. The first-order valence-electron chi connectivity index (χ1n) is 3.55. The van der Waals surface area contributed by atoms with Crippen molar-refractivity contribution in [3.05, 3.63) is 28.9 Å². The van der Waals surface area contributed by atoms with Crippen molar-refractivity contribution < 1.29 is 4.39 Å². The van der Waals surface area contributed by atoms with Gasteiger partial charge in [0.25, 0.3) is 0 Å². The number of benzene rings is 1. The van der Waals surface area contributed by atoms with E-state index in [1.807, 2.05) is 17.5 Å². The van der Waals surface area contributed by atoms with Crippen LogP contribution in [-0.2, 0) is 0 Å². The molecule has 0 bridgehead atoms. The van der Waals surface area contributed by atoms with Crippen LogP contribution in [0.1, 0.15) is 5.56 Å². The summed E-state index contributed by atoms with van der Waals surface area (Å²) in [4.78, 5) is 0.721. The summed E-state index contributed by atoms with van der Waals surface area (Å²) in [7, 11) is 0. The molecule has 2 aromatic rings. The van der Waals surface area contributed by atoms with Gasteiger partial charge in [-0.15, -0.1) is 24.0 Å². The molecule has 0 aliphatic heterocycles. The minimum absolute atomic E-state index is 0.132. The fourth-order valence-electron chi connectivity index (χ4n) is 1.15. The lowest BCUT2D eigenvalue weighted by atomic mass is 10.2. The second-order valence-corrected chi connectivity index (χ2v) is 4.07. The second kappa shape index (κ2) is 2.75. The summed E-state index contributed by atoms with van der Waals surface area (Å²) in [5.41, 5.74) is 0.633. The Morgan fingerprint density at radius 3 is 3.00 bits per heavy atom. The average Bonchev–Trinajstić information content (AvgIpc) is 2.48. The average molecular weight is 198 g/mol. The minimum Gasteiger partial charge on any atom is -0.205 e. The van der Waals surface area contributed by atoms with Crippen LogP contribution in [0.15, 0.2) is 22.4 Å². The first-order valence-corrected chi connectivity index (χ1v) is 4.88. The largest absolute Gasteiger partial charge is 0.205 e. The van der Waals surface area contributed by atoms with E-state index in [2.05, 4.69) is 12.6 Å². The third-order valence-corrected chi connectivity index (χ3v) is 3.29. The summed E-state index contributed by atoms with van der Waals surface area (Å²) in [6, 6.07) is 3.80. The molecule has 0 aliphatic carbocycles. The van der Waals surface area contributed by atoms with Crippen molar-refractivity contribution in [3.63, 3.8) is 0 Å². The van der Waals surface area contributed by atoms with E-state index in [4.69, 9.17) is 0 Å². The van der Waals surface area contributed by atoms with Crippen LogP contribution in [0.25, 0.3) is 10.1 Å². The van der Waals surface area contributed by atoms with Crippen LogP contribution < -0.4 is 0 Å². The molecule has 0 unspecified atom stereocenters. The Balaban J connectivity index is 2.94. The van der Waals surface area contributed by atoms with Gasteiger partial charge in [-0.3, -0.25) is 0 Å². The molecule has 0 saturated heterocycles. The quantitative estimate of drug-likeness (QED) is 0.614. The number of hydrogen-bond donors (Lipinski definition) is 1. The van der Waals surface area contributed by atoms with Crippen LogP contribution in [0.4, 0.5) is 4.39 Å². The van der Waals surface area contributed by atoms with E-state index in [1.54, 1.807) is 6.92 Å². The highest BCUT2D eigenvalue weighted by atomic mass is 32.1. The highest BCUT2D eigenvalue weighted by Gasteiger charge is 2.07. The summed E-state index contributed by atoms with van der Waals surface area (Å²) in [5, 5.41) is 2.83. The number of hydrogen-bond acceptors (Lipinski definition) is 2. The Morgan fingerprint density at radius 1 is 1.50 bits per heavy atom. The maximum absolute atomic E-state index is 13.5. The van der Waals surface area contributed by atoms with E-state index in [9.17, 15) is 4.39 Å². The van der Waals surface area contributed by atoms with E-state index in [-0.39, 0.29) is 5.82 Å². The van der Waals surface area contributed by atoms with E-state index in [0.717, 1.165) is 15.0 Å². The second-order valence-electron chi connectivity index (χ2n) is 2.67. The standard InChI is InChI=1S/C9H7FS2/c1-5-7(11)4-6-2-3-12-9(6)8(5)10/h2-4,11H,1H3. The van der Waals surface area contributed by atoms with Gasteiger partial charge in [-0.1, -0.05) is 0 Å². The Kier molecular flexibility index (Phi) is 1.85. The van der Waals surface area contributed by atoms with Gasteiger partial charge in [0.2, 0.25) is 0 Å². The molecule has 2 rings (SSSR count). The molecule has 1 heterocycles. The van der Waals surface area contributed by atoms with Crippen molar-refractivity contribution in [2.45, 2.75) is 11.8 Å². The Hall–Kier alpha value is -0.540. The molecule has 0 spiro atoms. The van der Waals surface area contributed by atoms with Gasteiger partial charge in [-0.25, -0.2) is 4.39 Å². The SMILES string of the molecule is Cc1c(S)cc2ccsc2c1F. The van der Waals surface area contributed by atoms with Crippen molar-refractivity contribution in [2.75, 3.05) is 0 Å². The Morgan fingerprint density at radius 2 is 2.25 bits per heavy atom. The van der Waals surface area contributed by atoms with E-state index in [0.29, 0.717) is 5.56 Å². The molecular weight excluding hydrogens is 191 g/mol. The molecule has 1 aromatic heterocycles. The van der Waals surface area contributed by atoms with Gasteiger partial charge in [0, 0.05) is 4.90 Å². The van der Waals surface area contributed by atoms with Crippen LogP contribution in [0.3, 0.4) is 0 Å². The van der Waals surface area contributed by atoms with E-state index in [1.165, 1.54) is 11.3 Å². The molecule has 0 fully saturated rings. The smallest absolute Gasteiger partial charge is 0.144 e. The normalized spacial score (nSPS) is 10.9. The number of thiol groups is 1. The van der Waals surface area contributed by atoms with Crippen molar-refractivity contribution in [2.24, 2.45) is 0 Å². The third-order valence-electron chi connectivity index (χ3n) is 1.90. The minimum atomic E-state index is -0.132. The molecule has 0 atom stereocenters. The van der Waals surface area contributed by atoms with Gasteiger partial charge in [-0.05, 0) is 35.4 Å². The molecule has 1 aromatic carbocycles. The number of halogens is 1. The topological polar surface area (TPSA) is 0 Å². The Bertz CT molecular complexity index is 431. The van der Waals surface area contributed by atoms with Crippen LogP contribution in [0, 0.1) is 12.7 Å². The van der Waals surface area contributed by atoms with Gasteiger partial charge in [0.05, 0.1) is 4.70 Å². The molecule has 0 radical (unpaired) electrons. The number of fused-ring (bicyclic) bond motifs is 1. The zero-order valence-electron chi connectivity index (χ0n) is 6.47. The van der Waals surface area contributed by atoms with Crippen molar-refractivity contribution in [3.8, 4) is 0 Å². The van der Waals surface area contributed by atoms with Crippen molar-refractivity contribution >= 4 is 34.1 Å². The summed E-state index contributed by atoms with van der Waals surface area (Å²) >= 11 is 5.61. The molecular formula is C9H7FS2. The highest BCUT2D eigenvalue weighted by Crippen LogP contribution is 2.29. The summed E-state index contributed by atoms with van der Waals surface area (Å²) in [6.45, 7) is 1.75. The fourth-order valence-corrected chi connectivity index (χ4v) is 2.26. The van der Waals surface area contributed by atoms with Gasteiger partial charge < -0.3 is 0 Å². The van der Waals surface area contributed by atoms with Crippen molar-refractivity contribution in [1.82, 2.24) is 0 Å². The third kappa shape index (κ3) is 1.04. The predicted octanol–water partition coefficient (Wildman–Crippen LogP) is 3.64. The van der Waals surface area contributed by atoms with Crippen LogP contribution >= 0.6 is 24.0 Å². The maximum atomic E-state index is 13.5. The van der Waals surface area contributed by atoms with E-state index >= 15 is 0 Å². The highest BCUT2D eigenvalue weighted by molar-refractivity contribution is 7.80. The molecule has 0 saturated carbocycles. The van der Waals surface area contributed by atoms with Crippen LogP contribution in [0.5, 0.6) is 0 Å². The number of thiophene rings is 1. The van der Waals surface area contributed by atoms with Gasteiger partial charge in [0.15, 0.2) is 0 Å². The molecule has 12 heavy (non-hydrogen) atoms. The zero-order valence-corrected chi connectivity index (χ0v) is 8.18. The summed E-state index contributed by atoms with van der Waals surface area (Å²) in [6.07, 6.45) is 0. The first kappa shape index (κ1) is 8.08. The van der Waals surface area contributed by atoms with Gasteiger partial charge in [-0.2, -0.15) is 0 Å². The molecule has 0 N–H and O–H groups in total. The lowest BCUT2D eigenvalue weighted by Gasteiger charge is -2.00. The Labute approximate surface area is 79.4 Å². The predicted molar refractivity (Wildman–Crippen MR) is 53.8 cm³/mol. The molecule has 0 nitrogen and oxygen atoms in total. The van der Waals surface area contributed by atoms with Gasteiger partial charge >= 0.3 is 0 Å². The molecule has 0 aliphatic rings. The van der Waals surface area contributed by atoms with Crippen molar-refractivity contribution in [1.29, 1.82) is 0 Å². The molecule has 3 heteroatoms. The monoisotopic (exact) mass is 198 g/mol. The number of rotatable bonds is 0. The summed E-state index contributed by atoms with van der Waals surface area (Å²) < 4.78 is 14.2. The summed E-state index contributed by atoms with van der Waals surface area (Å²) in [5.74, 6) is -0.132. The lowest BCUT2D eigenvalue weighted by molar-refractivity contribution is 0.628. The van der Waals surface area contributed by atoms with Crippen LogP contribution in [-0.4, -0.2) is 0 Å². The lowest BCUT2D eigenvalue weighted by Crippen LogP contribution is -1.83. The molecule has 62 valence electrons. The first-order chi connectivity index (χ1) is 5.70. The van der Waals surface area contributed by atoms with Crippen LogP contribution in [0.2, 0.25) is 0 Å². The molecule has 0 amide bonds.